The second kappa shape index (κ2) is 6.62. The summed E-state index contributed by atoms with van der Waals surface area (Å²) in [5.74, 6) is 0.885. The van der Waals surface area contributed by atoms with Gasteiger partial charge in [0, 0.05) is 22.2 Å². The molecule has 0 saturated heterocycles. The summed E-state index contributed by atoms with van der Waals surface area (Å²) >= 11 is 7.69. The zero-order valence-electron chi connectivity index (χ0n) is 13.5. The predicted molar refractivity (Wildman–Crippen MR) is 95.1 cm³/mol. The van der Waals surface area contributed by atoms with Crippen molar-refractivity contribution in [2.24, 2.45) is 5.92 Å². The van der Waals surface area contributed by atoms with Crippen molar-refractivity contribution >= 4 is 28.8 Å². The Labute approximate surface area is 146 Å². The van der Waals surface area contributed by atoms with Crippen molar-refractivity contribution in [1.82, 2.24) is 10.3 Å². The number of benzene rings is 1. The Bertz CT molecular complexity index is 713. The molecule has 1 amide bonds. The van der Waals surface area contributed by atoms with Gasteiger partial charge in [0.15, 0.2) is 0 Å². The molecule has 1 heterocycles. The molecule has 1 fully saturated rings. The zero-order valence-corrected chi connectivity index (χ0v) is 15.1. The lowest BCUT2D eigenvalue weighted by Gasteiger charge is -2.12. The van der Waals surface area contributed by atoms with Crippen LogP contribution in [0.15, 0.2) is 29.6 Å². The number of halogens is 1. The van der Waals surface area contributed by atoms with Crippen molar-refractivity contribution in [2.45, 2.75) is 45.1 Å². The highest BCUT2D eigenvalue weighted by Gasteiger charge is 2.44. The van der Waals surface area contributed by atoms with Gasteiger partial charge in [0.05, 0.1) is 16.7 Å². The van der Waals surface area contributed by atoms with Crippen molar-refractivity contribution in [2.75, 3.05) is 0 Å². The van der Waals surface area contributed by atoms with Crippen molar-refractivity contribution in [3.8, 4) is 0 Å². The topological polar surface area (TPSA) is 42.0 Å². The molecule has 3 rings (SSSR count). The monoisotopic (exact) mass is 348 g/mol. The molecule has 1 aliphatic rings. The Kier molecular flexibility index (Phi) is 4.74. The average molecular weight is 349 g/mol. The Balaban J connectivity index is 1.59. The van der Waals surface area contributed by atoms with E-state index >= 15 is 0 Å². The van der Waals surface area contributed by atoms with E-state index in [1.165, 1.54) is 0 Å². The number of aromatic nitrogens is 1. The summed E-state index contributed by atoms with van der Waals surface area (Å²) in [4.78, 5) is 17.0. The highest BCUT2D eigenvalue weighted by Crippen LogP contribution is 2.48. The molecule has 23 heavy (non-hydrogen) atoms. The normalized spacial score (nSPS) is 21.3. The first-order valence-corrected chi connectivity index (χ1v) is 9.22. The van der Waals surface area contributed by atoms with Gasteiger partial charge in [-0.25, -0.2) is 4.98 Å². The maximum Gasteiger partial charge on any atom is 0.224 e. The molecule has 3 atom stereocenters. The third-order valence-electron chi connectivity index (χ3n) is 4.24. The zero-order chi connectivity index (χ0) is 16.6. The van der Waals surface area contributed by atoms with E-state index in [-0.39, 0.29) is 17.9 Å². The minimum atomic E-state index is -0.0492. The molecule has 122 valence electrons. The number of hydrogen-bond acceptors (Lipinski definition) is 3. The van der Waals surface area contributed by atoms with Gasteiger partial charge in [-0.1, -0.05) is 37.6 Å². The molecule has 0 unspecified atom stereocenters. The van der Waals surface area contributed by atoms with Crippen LogP contribution in [-0.2, 0) is 4.79 Å². The maximum absolute atomic E-state index is 12.4. The van der Waals surface area contributed by atoms with Gasteiger partial charge in [-0.05, 0) is 37.0 Å². The minimum absolute atomic E-state index is 0.0492. The Morgan fingerprint density at radius 2 is 2.17 bits per heavy atom. The molecule has 3 nitrogen and oxygen atoms in total. The fraction of sp³-hybridized carbons (Fsp3) is 0.444. The molecule has 0 radical (unpaired) electrons. The van der Waals surface area contributed by atoms with Crippen LogP contribution in [-0.4, -0.2) is 10.9 Å². The van der Waals surface area contributed by atoms with E-state index in [4.69, 9.17) is 11.6 Å². The van der Waals surface area contributed by atoms with Crippen molar-refractivity contribution in [3.05, 3.63) is 50.9 Å². The first kappa shape index (κ1) is 16.5. The third kappa shape index (κ3) is 3.75. The molecule has 1 N–H and O–H groups in total. The summed E-state index contributed by atoms with van der Waals surface area (Å²) in [6, 6.07) is 7.75. The Morgan fingerprint density at radius 3 is 2.83 bits per heavy atom. The van der Waals surface area contributed by atoms with E-state index in [2.05, 4.69) is 24.1 Å². The number of thiazole rings is 1. The van der Waals surface area contributed by atoms with Crippen LogP contribution < -0.4 is 5.32 Å². The largest absolute Gasteiger partial charge is 0.348 e. The minimum Gasteiger partial charge on any atom is -0.348 e. The van der Waals surface area contributed by atoms with E-state index in [9.17, 15) is 4.79 Å². The molecule has 1 aromatic carbocycles. The second-order valence-electron chi connectivity index (χ2n) is 6.50. The summed E-state index contributed by atoms with van der Waals surface area (Å²) in [6.45, 7) is 6.26. The van der Waals surface area contributed by atoms with Crippen LogP contribution in [0.5, 0.6) is 0 Å². The number of hydrogen-bond donors (Lipinski definition) is 1. The summed E-state index contributed by atoms with van der Waals surface area (Å²) in [7, 11) is 0. The van der Waals surface area contributed by atoms with Crippen LogP contribution in [0.4, 0.5) is 0 Å². The summed E-state index contributed by atoms with van der Waals surface area (Å²) in [6.07, 6.45) is 0.896. The number of nitrogens with zero attached hydrogens (tertiary/aromatic N) is 1. The summed E-state index contributed by atoms with van der Waals surface area (Å²) in [5, 5.41) is 6.98. The molecule has 0 spiro atoms. The highest BCUT2D eigenvalue weighted by atomic mass is 35.5. The maximum atomic E-state index is 12.4. The molecular weight excluding hydrogens is 328 g/mol. The van der Waals surface area contributed by atoms with Gasteiger partial charge in [-0.2, -0.15) is 0 Å². The standard InChI is InChI=1S/C18H21ClN2OS/c1-10(2)18-21-16(9-23-18)11(3)20-17(22)15-8-14(15)12-5-4-6-13(19)7-12/h4-7,9-11,14-15H,8H2,1-3H3,(H,20,22)/t11-,14+,15+/m0/s1. The lowest BCUT2D eigenvalue weighted by Crippen LogP contribution is -2.28. The number of carbonyl (C=O) groups excluding carboxylic acids is 1. The van der Waals surface area contributed by atoms with E-state index in [0.717, 1.165) is 27.7 Å². The van der Waals surface area contributed by atoms with Gasteiger partial charge in [0.25, 0.3) is 0 Å². The molecule has 0 bridgehead atoms. The van der Waals surface area contributed by atoms with E-state index < -0.39 is 0 Å². The number of amides is 1. The molecule has 5 heteroatoms. The van der Waals surface area contributed by atoms with Crippen LogP contribution in [0.2, 0.25) is 5.02 Å². The molecule has 0 aliphatic heterocycles. The number of rotatable bonds is 5. The fourth-order valence-corrected chi connectivity index (χ4v) is 3.88. The summed E-state index contributed by atoms with van der Waals surface area (Å²) in [5.41, 5.74) is 2.10. The SMILES string of the molecule is CC(C)c1nc([C@H](C)NC(=O)[C@@H]2C[C@@H]2c2cccc(Cl)c2)cs1. The van der Waals surface area contributed by atoms with E-state index in [1.807, 2.05) is 36.6 Å². The van der Waals surface area contributed by atoms with Crippen molar-refractivity contribution in [1.29, 1.82) is 0 Å². The van der Waals surface area contributed by atoms with Crippen LogP contribution in [0, 0.1) is 5.92 Å². The van der Waals surface area contributed by atoms with Crippen LogP contribution >= 0.6 is 22.9 Å². The average Bonchev–Trinajstić information content (AvgIpc) is 3.15. The number of carbonyl (C=O) groups is 1. The second-order valence-corrected chi connectivity index (χ2v) is 7.83. The molecule has 1 aromatic heterocycles. The van der Waals surface area contributed by atoms with E-state index in [1.54, 1.807) is 11.3 Å². The van der Waals surface area contributed by atoms with Gasteiger partial charge in [-0.15, -0.1) is 11.3 Å². The lowest BCUT2D eigenvalue weighted by atomic mass is 10.1. The van der Waals surface area contributed by atoms with Crippen molar-refractivity contribution < 1.29 is 4.79 Å². The highest BCUT2D eigenvalue weighted by molar-refractivity contribution is 7.09. The van der Waals surface area contributed by atoms with Gasteiger partial charge in [0.2, 0.25) is 5.91 Å². The summed E-state index contributed by atoms with van der Waals surface area (Å²) < 4.78 is 0. The van der Waals surface area contributed by atoms with Crippen LogP contribution in [0.3, 0.4) is 0 Å². The van der Waals surface area contributed by atoms with Crippen LogP contribution in [0.25, 0.3) is 0 Å². The van der Waals surface area contributed by atoms with Gasteiger partial charge < -0.3 is 5.32 Å². The van der Waals surface area contributed by atoms with Gasteiger partial charge in [-0.3, -0.25) is 4.79 Å². The van der Waals surface area contributed by atoms with Crippen LogP contribution in [0.1, 0.15) is 61.3 Å². The molecule has 1 aliphatic carbocycles. The number of nitrogens with one attached hydrogen (secondary N) is 1. The lowest BCUT2D eigenvalue weighted by molar-refractivity contribution is -0.123. The van der Waals surface area contributed by atoms with Gasteiger partial charge >= 0.3 is 0 Å². The first-order chi connectivity index (χ1) is 11.0. The predicted octanol–water partition coefficient (Wildman–Crippen LogP) is 4.90. The Hall–Kier alpha value is -1.39. The molecular formula is C18H21ClN2OS. The van der Waals surface area contributed by atoms with Crippen molar-refractivity contribution in [3.63, 3.8) is 0 Å². The molecule has 1 saturated carbocycles. The quantitative estimate of drug-likeness (QED) is 0.834. The first-order valence-electron chi connectivity index (χ1n) is 7.97. The smallest absolute Gasteiger partial charge is 0.224 e. The fourth-order valence-electron chi connectivity index (χ4n) is 2.75. The van der Waals surface area contributed by atoms with E-state index in [0.29, 0.717) is 11.8 Å². The third-order valence-corrected chi connectivity index (χ3v) is 5.64. The molecule has 2 aromatic rings. The Morgan fingerprint density at radius 1 is 1.39 bits per heavy atom. The van der Waals surface area contributed by atoms with Gasteiger partial charge in [0.1, 0.15) is 0 Å².